The Labute approximate surface area is 80.0 Å². The molecule has 0 saturated heterocycles. The van der Waals surface area contributed by atoms with Gasteiger partial charge in [0.05, 0.1) is 5.60 Å². The van der Waals surface area contributed by atoms with E-state index in [-0.39, 0.29) is 5.60 Å². The Morgan fingerprint density at radius 1 is 1.31 bits per heavy atom. The van der Waals surface area contributed by atoms with Crippen molar-refractivity contribution in [3.05, 3.63) is 0 Å². The molecule has 0 amide bonds. The Morgan fingerprint density at radius 2 is 1.85 bits per heavy atom. The number of hydrazine groups is 1. The normalized spacial score (nSPS) is 52.6. The molecule has 3 nitrogen and oxygen atoms in total. The highest BCUT2D eigenvalue weighted by molar-refractivity contribution is 5.25. The third kappa shape index (κ3) is 1.01. The number of hydrogen-bond donors (Lipinski definition) is 2. The number of nitrogens with two attached hydrogens (primary N) is 1. The molecule has 0 aliphatic heterocycles. The molecule has 2 rings (SSSR count). The zero-order valence-electron chi connectivity index (χ0n) is 8.71. The van der Waals surface area contributed by atoms with E-state index in [9.17, 15) is 0 Å². The fourth-order valence-corrected chi connectivity index (χ4v) is 3.43. The highest BCUT2D eigenvalue weighted by Gasteiger charge is 2.76. The van der Waals surface area contributed by atoms with Crippen molar-refractivity contribution in [1.82, 2.24) is 5.43 Å². The van der Waals surface area contributed by atoms with Gasteiger partial charge in [-0.25, -0.2) is 0 Å². The van der Waals surface area contributed by atoms with Crippen LogP contribution in [-0.4, -0.2) is 18.8 Å². The van der Waals surface area contributed by atoms with Crippen LogP contribution in [0.3, 0.4) is 0 Å². The molecule has 5 atom stereocenters. The molecule has 0 radical (unpaired) electrons. The molecule has 0 aromatic rings. The Bertz CT molecular complexity index is 185. The Kier molecular flexibility index (Phi) is 2.13. The van der Waals surface area contributed by atoms with Crippen molar-refractivity contribution in [2.45, 2.75) is 26.4 Å². The van der Waals surface area contributed by atoms with Gasteiger partial charge in [0.2, 0.25) is 0 Å². The summed E-state index contributed by atoms with van der Waals surface area (Å²) < 4.78 is 5.87. The number of nitrogens with one attached hydrogen (secondary N) is 1. The summed E-state index contributed by atoms with van der Waals surface area (Å²) in [4.78, 5) is 0. The van der Waals surface area contributed by atoms with Crippen molar-refractivity contribution in [2.24, 2.45) is 29.5 Å². The van der Waals surface area contributed by atoms with E-state index in [1.165, 1.54) is 0 Å². The molecule has 0 spiro atoms. The van der Waals surface area contributed by atoms with E-state index in [2.05, 4.69) is 26.2 Å². The number of rotatable bonds is 4. The van der Waals surface area contributed by atoms with E-state index in [4.69, 9.17) is 10.6 Å². The van der Waals surface area contributed by atoms with Crippen molar-refractivity contribution in [2.75, 3.05) is 13.2 Å². The minimum absolute atomic E-state index is 0.0856. The summed E-state index contributed by atoms with van der Waals surface area (Å²) in [6, 6.07) is 0. The summed E-state index contributed by atoms with van der Waals surface area (Å²) in [5.41, 5.74) is 2.86. The molecule has 2 aliphatic rings. The van der Waals surface area contributed by atoms with Gasteiger partial charge in [0, 0.05) is 13.2 Å². The first kappa shape index (κ1) is 9.44. The van der Waals surface area contributed by atoms with Gasteiger partial charge in [0.25, 0.3) is 0 Å². The van der Waals surface area contributed by atoms with Crippen LogP contribution in [0, 0.1) is 23.7 Å². The fourth-order valence-electron chi connectivity index (χ4n) is 3.43. The van der Waals surface area contributed by atoms with E-state index < -0.39 is 0 Å². The molecule has 76 valence electrons. The predicted octanol–water partition coefficient (Wildman–Crippen LogP) is 0.757. The summed E-state index contributed by atoms with van der Waals surface area (Å²) in [6.07, 6.45) is 0. The predicted molar refractivity (Wildman–Crippen MR) is 51.9 cm³/mol. The Morgan fingerprint density at radius 3 is 2.23 bits per heavy atom. The highest BCUT2D eigenvalue weighted by Crippen LogP contribution is 2.71. The first-order chi connectivity index (χ1) is 6.19. The first-order valence-electron chi connectivity index (χ1n) is 5.26. The maximum atomic E-state index is 5.87. The third-order valence-corrected chi connectivity index (χ3v) is 4.16. The molecule has 3 N–H and O–H groups in total. The number of fused-ring (bicyclic) bond motifs is 1. The largest absolute Gasteiger partial charge is 0.373 e. The van der Waals surface area contributed by atoms with Crippen molar-refractivity contribution in [3.8, 4) is 0 Å². The minimum atomic E-state index is 0.0856. The molecular weight excluding hydrogens is 164 g/mol. The van der Waals surface area contributed by atoms with Gasteiger partial charge in [0.15, 0.2) is 0 Å². The molecule has 2 fully saturated rings. The van der Waals surface area contributed by atoms with Crippen molar-refractivity contribution >= 4 is 0 Å². The topological polar surface area (TPSA) is 47.3 Å². The lowest BCUT2D eigenvalue weighted by Gasteiger charge is -2.27. The lowest BCUT2D eigenvalue weighted by atomic mass is 9.77. The van der Waals surface area contributed by atoms with Crippen LogP contribution < -0.4 is 11.3 Å². The Hall–Kier alpha value is -0.120. The molecule has 0 aromatic carbocycles. The van der Waals surface area contributed by atoms with E-state index >= 15 is 0 Å². The van der Waals surface area contributed by atoms with E-state index in [0.29, 0.717) is 0 Å². The molecule has 13 heavy (non-hydrogen) atoms. The van der Waals surface area contributed by atoms with Gasteiger partial charge in [-0.2, -0.15) is 0 Å². The number of ether oxygens (including phenoxy) is 1. The van der Waals surface area contributed by atoms with Crippen molar-refractivity contribution in [3.63, 3.8) is 0 Å². The smallest absolute Gasteiger partial charge is 0.0888 e. The summed E-state index contributed by atoms with van der Waals surface area (Å²) >= 11 is 0. The SMILES string of the molecule is CCOC1(CNN)C2C(C)[C@H](C)C21. The van der Waals surface area contributed by atoms with Crippen LogP contribution in [0.2, 0.25) is 0 Å². The second-order valence-corrected chi connectivity index (χ2v) is 4.54. The summed E-state index contributed by atoms with van der Waals surface area (Å²) in [5.74, 6) is 8.54. The zero-order valence-corrected chi connectivity index (χ0v) is 8.71. The standard InChI is InChI=1S/C10H20N2O/c1-4-13-10(5-12-11)8-6(2)7(3)9(8)10/h6-9,12H,4-5,11H2,1-3H3/t6-,7?,8?,9?,10?/m0/s1. The average Bonchev–Trinajstić information content (AvgIpc) is 2.70. The van der Waals surface area contributed by atoms with Crippen LogP contribution in [0.1, 0.15) is 20.8 Å². The van der Waals surface area contributed by atoms with Gasteiger partial charge < -0.3 is 4.74 Å². The van der Waals surface area contributed by atoms with Crippen LogP contribution in [0.5, 0.6) is 0 Å². The van der Waals surface area contributed by atoms with Crippen molar-refractivity contribution in [1.29, 1.82) is 0 Å². The van der Waals surface area contributed by atoms with E-state index in [1.807, 2.05) is 0 Å². The van der Waals surface area contributed by atoms with Crippen LogP contribution in [0.15, 0.2) is 0 Å². The molecule has 0 bridgehead atoms. The van der Waals surface area contributed by atoms with Gasteiger partial charge in [-0.3, -0.25) is 11.3 Å². The van der Waals surface area contributed by atoms with Gasteiger partial charge in [-0.1, -0.05) is 13.8 Å². The van der Waals surface area contributed by atoms with Crippen LogP contribution in [0.4, 0.5) is 0 Å². The van der Waals surface area contributed by atoms with Gasteiger partial charge in [-0.05, 0) is 30.6 Å². The van der Waals surface area contributed by atoms with Crippen LogP contribution in [-0.2, 0) is 4.74 Å². The lowest BCUT2D eigenvalue weighted by molar-refractivity contribution is 0.0261. The molecule has 4 unspecified atom stereocenters. The Balaban J connectivity index is 2.03. The van der Waals surface area contributed by atoms with Gasteiger partial charge in [0.1, 0.15) is 0 Å². The number of hydrogen-bond acceptors (Lipinski definition) is 3. The molecule has 2 saturated carbocycles. The average molecular weight is 184 g/mol. The third-order valence-electron chi connectivity index (χ3n) is 4.16. The van der Waals surface area contributed by atoms with Crippen LogP contribution in [0.25, 0.3) is 0 Å². The molecule has 2 aliphatic carbocycles. The molecule has 0 heterocycles. The fraction of sp³-hybridized carbons (Fsp3) is 1.00. The molecule has 3 heteroatoms. The quantitative estimate of drug-likeness (QED) is 0.501. The molecule has 0 aromatic heterocycles. The van der Waals surface area contributed by atoms with E-state index in [1.54, 1.807) is 0 Å². The second kappa shape index (κ2) is 2.94. The lowest BCUT2D eigenvalue weighted by Crippen LogP contribution is -2.37. The summed E-state index contributed by atoms with van der Waals surface area (Å²) in [5, 5.41) is 0. The maximum Gasteiger partial charge on any atom is 0.0888 e. The molecular formula is C10H20N2O. The summed E-state index contributed by atoms with van der Waals surface area (Å²) in [6.45, 7) is 8.32. The maximum absolute atomic E-state index is 5.87. The van der Waals surface area contributed by atoms with E-state index in [0.717, 1.165) is 36.8 Å². The van der Waals surface area contributed by atoms with Crippen molar-refractivity contribution < 1.29 is 4.74 Å². The highest BCUT2D eigenvalue weighted by atomic mass is 16.5. The van der Waals surface area contributed by atoms with Gasteiger partial charge in [-0.15, -0.1) is 0 Å². The second-order valence-electron chi connectivity index (χ2n) is 4.54. The minimum Gasteiger partial charge on any atom is -0.373 e. The van der Waals surface area contributed by atoms with Gasteiger partial charge >= 0.3 is 0 Å². The monoisotopic (exact) mass is 184 g/mol. The summed E-state index contributed by atoms with van der Waals surface area (Å²) in [7, 11) is 0. The first-order valence-corrected chi connectivity index (χ1v) is 5.26. The zero-order chi connectivity index (χ0) is 9.64. The van der Waals surface area contributed by atoms with Crippen LogP contribution >= 0.6 is 0 Å².